The Balaban J connectivity index is 1.91. The third-order valence-electron chi connectivity index (χ3n) is 4.48. The molecule has 0 aromatic heterocycles. The van der Waals surface area contributed by atoms with Gasteiger partial charge >= 0.3 is 5.97 Å². The van der Waals surface area contributed by atoms with Crippen molar-refractivity contribution in [2.75, 3.05) is 18.0 Å². The number of para-hydroxylation sites is 1. The van der Waals surface area contributed by atoms with Crippen LogP contribution in [-0.2, 0) is 10.0 Å². The Morgan fingerprint density at radius 2 is 1.74 bits per heavy atom. The highest BCUT2D eigenvalue weighted by Crippen LogP contribution is 2.29. The summed E-state index contributed by atoms with van der Waals surface area (Å²) < 4.78 is 38.2. The molecule has 0 aliphatic heterocycles. The van der Waals surface area contributed by atoms with Gasteiger partial charge in [0.2, 0.25) is 0 Å². The monoisotopic (exact) mass is 436 g/mol. The van der Waals surface area contributed by atoms with Gasteiger partial charge in [-0.2, -0.15) is 5.26 Å². The second-order valence-electron chi connectivity index (χ2n) is 6.40. The molecule has 158 valence electrons. The number of benzene rings is 3. The molecular formula is C23H20N2O5S. The van der Waals surface area contributed by atoms with E-state index in [0.29, 0.717) is 11.3 Å². The molecule has 3 aromatic rings. The Bertz CT molecular complexity index is 1230. The maximum atomic E-state index is 13.2. The number of hydrogen-bond donors (Lipinski definition) is 0. The second-order valence-corrected chi connectivity index (χ2v) is 8.26. The van der Waals surface area contributed by atoms with Crippen LogP contribution in [0.5, 0.6) is 11.5 Å². The molecule has 0 heterocycles. The minimum absolute atomic E-state index is 0.0283. The second kappa shape index (κ2) is 9.32. The average molecular weight is 436 g/mol. The minimum atomic E-state index is -3.89. The molecule has 0 saturated carbocycles. The molecule has 31 heavy (non-hydrogen) atoms. The highest BCUT2D eigenvalue weighted by Gasteiger charge is 2.25. The first kappa shape index (κ1) is 21.9. The topological polar surface area (TPSA) is 96.7 Å². The summed E-state index contributed by atoms with van der Waals surface area (Å²) in [4.78, 5) is 12.6. The van der Waals surface area contributed by atoms with E-state index in [1.165, 1.54) is 53.9 Å². The van der Waals surface area contributed by atoms with Crippen molar-refractivity contribution in [3.63, 3.8) is 0 Å². The first-order valence-electron chi connectivity index (χ1n) is 9.39. The number of anilines is 1. The van der Waals surface area contributed by atoms with E-state index in [0.717, 1.165) is 0 Å². The summed E-state index contributed by atoms with van der Waals surface area (Å²) in [6.45, 7) is 1.96. The maximum Gasteiger partial charge on any atom is 0.343 e. The SMILES string of the molecule is CCN(c1ccccc1)S(=O)(=O)c1cccc(C(=O)Oc2ccc(C#N)cc2OC)c1. The van der Waals surface area contributed by atoms with Crippen LogP contribution in [0.1, 0.15) is 22.8 Å². The van der Waals surface area contributed by atoms with Crippen LogP contribution in [0.3, 0.4) is 0 Å². The summed E-state index contributed by atoms with van der Waals surface area (Å²) in [5.41, 5.74) is 0.946. The number of hydrogen-bond acceptors (Lipinski definition) is 6. The number of rotatable bonds is 7. The third-order valence-corrected chi connectivity index (χ3v) is 6.38. The molecule has 7 nitrogen and oxygen atoms in total. The van der Waals surface area contributed by atoms with Crippen LogP contribution in [0.25, 0.3) is 0 Å². The molecule has 3 aromatic carbocycles. The van der Waals surface area contributed by atoms with Gasteiger partial charge in [-0.25, -0.2) is 13.2 Å². The van der Waals surface area contributed by atoms with Gasteiger partial charge in [0.05, 0.1) is 34.9 Å². The number of nitriles is 1. The van der Waals surface area contributed by atoms with Crippen molar-refractivity contribution < 1.29 is 22.7 Å². The molecule has 0 aliphatic carbocycles. The van der Waals surface area contributed by atoms with E-state index >= 15 is 0 Å². The molecule has 0 bridgehead atoms. The molecule has 0 fully saturated rings. The minimum Gasteiger partial charge on any atom is -0.493 e. The highest BCUT2D eigenvalue weighted by atomic mass is 32.2. The maximum absolute atomic E-state index is 13.2. The lowest BCUT2D eigenvalue weighted by Crippen LogP contribution is -2.30. The molecule has 0 saturated heterocycles. The lowest BCUT2D eigenvalue weighted by molar-refractivity contribution is 0.0729. The van der Waals surface area contributed by atoms with E-state index in [4.69, 9.17) is 14.7 Å². The quantitative estimate of drug-likeness (QED) is 0.410. The van der Waals surface area contributed by atoms with Crippen LogP contribution in [0.2, 0.25) is 0 Å². The van der Waals surface area contributed by atoms with Gasteiger partial charge < -0.3 is 9.47 Å². The molecule has 0 aliphatic rings. The number of carbonyl (C=O) groups excluding carboxylic acids is 1. The van der Waals surface area contributed by atoms with Crippen LogP contribution < -0.4 is 13.8 Å². The molecule has 0 radical (unpaired) electrons. The fraction of sp³-hybridized carbons (Fsp3) is 0.130. The Kier molecular flexibility index (Phi) is 6.58. The van der Waals surface area contributed by atoms with Crippen LogP contribution in [-0.4, -0.2) is 28.0 Å². The molecule has 0 N–H and O–H groups in total. The normalized spacial score (nSPS) is 10.7. The summed E-state index contributed by atoms with van der Waals surface area (Å²) >= 11 is 0. The predicted molar refractivity (Wildman–Crippen MR) is 116 cm³/mol. The molecule has 0 unspecified atom stereocenters. The van der Waals surface area contributed by atoms with E-state index in [-0.39, 0.29) is 28.5 Å². The van der Waals surface area contributed by atoms with Gasteiger partial charge in [-0.3, -0.25) is 4.31 Å². The van der Waals surface area contributed by atoms with Gasteiger partial charge in [-0.1, -0.05) is 24.3 Å². The zero-order valence-electron chi connectivity index (χ0n) is 17.0. The molecule has 0 atom stereocenters. The number of esters is 1. The van der Waals surface area contributed by atoms with E-state index in [1.807, 2.05) is 6.07 Å². The first-order chi connectivity index (χ1) is 14.9. The van der Waals surface area contributed by atoms with E-state index < -0.39 is 16.0 Å². The fourth-order valence-corrected chi connectivity index (χ4v) is 4.50. The standard InChI is InChI=1S/C23H20N2O5S/c1-3-25(19-9-5-4-6-10-19)31(27,28)20-11-7-8-18(15-20)23(26)30-21-13-12-17(16-24)14-22(21)29-2/h4-15H,3H2,1-2H3. The predicted octanol–water partition coefficient (Wildman–Crippen LogP) is 4.00. The van der Waals surface area contributed by atoms with E-state index in [2.05, 4.69) is 0 Å². The number of carbonyl (C=O) groups is 1. The van der Waals surface area contributed by atoms with Gasteiger partial charge in [-0.15, -0.1) is 0 Å². The molecular weight excluding hydrogens is 416 g/mol. The van der Waals surface area contributed by atoms with Crippen molar-refractivity contribution in [2.24, 2.45) is 0 Å². The van der Waals surface area contributed by atoms with Gasteiger partial charge in [0.25, 0.3) is 10.0 Å². The highest BCUT2D eigenvalue weighted by molar-refractivity contribution is 7.92. The number of methoxy groups -OCH3 is 1. The number of sulfonamides is 1. The van der Waals surface area contributed by atoms with Crippen LogP contribution >= 0.6 is 0 Å². The van der Waals surface area contributed by atoms with Crippen molar-refractivity contribution in [1.29, 1.82) is 5.26 Å². The van der Waals surface area contributed by atoms with Crippen LogP contribution in [0.15, 0.2) is 77.7 Å². The fourth-order valence-electron chi connectivity index (χ4n) is 2.98. The summed E-state index contributed by atoms with van der Waals surface area (Å²) in [5, 5.41) is 8.99. The molecule has 0 amide bonds. The van der Waals surface area contributed by atoms with Crippen molar-refractivity contribution in [3.8, 4) is 17.6 Å². The van der Waals surface area contributed by atoms with Gasteiger partial charge in [0.15, 0.2) is 11.5 Å². The smallest absolute Gasteiger partial charge is 0.343 e. The summed E-state index contributed by atoms with van der Waals surface area (Å²) in [5.74, 6) is -0.403. The Hall–Kier alpha value is -3.83. The van der Waals surface area contributed by atoms with Crippen LogP contribution in [0.4, 0.5) is 5.69 Å². The molecule has 3 rings (SSSR count). The Morgan fingerprint density at radius 1 is 1.00 bits per heavy atom. The Labute approximate surface area is 181 Å². The number of nitrogens with zero attached hydrogens (tertiary/aromatic N) is 2. The van der Waals surface area contributed by atoms with Crippen molar-refractivity contribution in [3.05, 3.63) is 83.9 Å². The average Bonchev–Trinajstić information content (AvgIpc) is 2.80. The van der Waals surface area contributed by atoms with Gasteiger partial charge in [0, 0.05) is 12.6 Å². The van der Waals surface area contributed by atoms with E-state index in [1.54, 1.807) is 37.3 Å². The molecule has 0 spiro atoms. The summed E-state index contributed by atoms with van der Waals surface area (Å²) in [7, 11) is -2.50. The van der Waals surface area contributed by atoms with Crippen molar-refractivity contribution >= 4 is 21.7 Å². The van der Waals surface area contributed by atoms with Crippen molar-refractivity contribution in [2.45, 2.75) is 11.8 Å². The van der Waals surface area contributed by atoms with Crippen LogP contribution in [0, 0.1) is 11.3 Å². The lowest BCUT2D eigenvalue weighted by Gasteiger charge is -2.23. The zero-order chi connectivity index (χ0) is 22.4. The largest absolute Gasteiger partial charge is 0.493 e. The number of ether oxygens (including phenoxy) is 2. The lowest BCUT2D eigenvalue weighted by atomic mass is 10.2. The van der Waals surface area contributed by atoms with Gasteiger partial charge in [-0.05, 0) is 49.4 Å². The van der Waals surface area contributed by atoms with Gasteiger partial charge in [0.1, 0.15) is 0 Å². The Morgan fingerprint density at radius 3 is 2.39 bits per heavy atom. The molecule has 8 heteroatoms. The van der Waals surface area contributed by atoms with Crippen molar-refractivity contribution in [1.82, 2.24) is 0 Å². The summed E-state index contributed by atoms with van der Waals surface area (Å²) in [6.07, 6.45) is 0. The van der Waals surface area contributed by atoms with E-state index in [9.17, 15) is 13.2 Å². The third kappa shape index (κ3) is 4.68. The first-order valence-corrected chi connectivity index (χ1v) is 10.8. The summed E-state index contributed by atoms with van der Waals surface area (Å²) in [6, 6.07) is 20.7. The zero-order valence-corrected chi connectivity index (χ0v) is 17.8.